The molecule has 2 heteroatoms. The summed E-state index contributed by atoms with van der Waals surface area (Å²) in [6, 6.07) is 0. The Bertz CT molecular complexity index is 127. The summed E-state index contributed by atoms with van der Waals surface area (Å²) in [4.78, 5) is 0. The van der Waals surface area contributed by atoms with E-state index < -0.39 is 0 Å². The minimum atomic E-state index is 0.261. The summed E-state index contributed by atoms with van der Waals surface area (Å²) in [7, 11) is 0. The topological polar surface area (TPSA) is 12.0 Å². The third kappa shape index (κ3) is 10.2. The molecule has 0 amide bonds. The maximum absolute atomic E-state index is 3.53. The zero-order chi connectivity index (χ0) is 10.5. The standard InChI is InChI=1S/C11H25NS/c1-9(2)13-8-10(3)7-12-11(4,5)6/h9-10,12H,7-8H2,1-6H3. The maximum atomic E-state index is 3.53. The molecule has 0 saturated heterocycles. The molecule has 0 aromatic carbocycles. The molecule has 0 aliphatic carbocycles. The minimum absolute atomic E-state index is 0.261. The largest absolute Gasteiger partial charge is 0.312 e. The zero-order valence-electron chi connectivity index (χ0n) is 9.98. The first-order valence-electron chi connectivity index (χ1n) is 5.18. The Balaban J connectivity index is 3.46. The lowest BCUT2D eigenvalue weighted by molar-refractivity contribution is 0.395. The summed E-state index contributed by atoms with van der Waals surface area (Å²) in [6.45, 7) is 14.6. The third-order valence-corrected chi connectivity index (χ3v) is 3.12. The lowest BCUT2D eigenvalue weighted by atomic mass is 10.1. The summed E-state index contributed by atoms with van der Waals surface area (Å²) >= 11 is 2.05. The molecule has 0 saturated carbocycles. The second-order valence-corrected chi connectivity index (χ2v) is 6.73. The second-order valence-electron chi connectivity index (χ2n) is 5.12. The fourth-order valence-corrected chi connectivity index (χ4v) is 1.73. The predicted octanol–water partition coefficient (Wildman–Crippen LogP) is 3.15. The van der Waals surface area contributed by atoms with Gasteiger partial charge in [-0.1, -0.05) is 20.8 Å². The number of thioether (sulfide) groups is 1. The van der Waals surface area contributed by atoms with Crippen molar-refractivity contribution in [2.45, 2.75) is 52.3 Å². The number of hydrogen-bond donors (Lipinski definition) is 1. The summed E-state index contributed by atoms with van der Waals surface area (Å²) in [5, 5.41) is 4.29. The van der Waals surface area contributed by atoms with E-state index in [4.69, 9.17) is 0 Å². The van der Waals surface area contributed by atoms with Crippen molar-refractivity contribution in [3.8, 4) is 0 Å². The van der Waals surface area contributed by atoms with Gasteiger partial charge in [-0.2, -0.15) is 11.8 Å². The molecule has 0 bridgehead atoms. The van der Waals surface area contributed by atoms with Crippen molar-refractivity contribution in [2.75, 3.05) is 12.3 Å². The molecule has 1 N–H and O–H groups in total. The number of hydrogen-bond acceptors (Lipinski definition) is 2. The number of nitrogens with one attached hydrogen (secondary N) is 1. The first-order valence-corrected chi connectivity index (χ1v) is 6.23. The van der Waals surface area contributed by atoms with Crippen LogP contribution in [0.2, 0.25) is 0 Å². The van der Waals surface area contributed by atoms with E-state index in [1.54, 1.807) is 0 Å². The average Bonchev–Trinajstić information content (AvgIpc) is 1.95. The van der Waals surface area contributed by atoms with Crippen LogP contribution in [0.25, 0.3) is 0 Å². The smallest absolute Gasteiger partial charge is 0.00966 e. The van der Waals surface area contributed by atoms with Gasteiger partial charge < -0.3 is 5.32 Å². The number of rotatable bonds is 5. The Morgan fingerprint density at radius 3 is 2.08 bits per heavy atom. The maximum Gasteiger partial charge on any atom is 0.00966 e. The van der Waals surface area contributed by atoms with Gasteiger partial charge in [-0.25, -0.2) is 0 Å². The van der Waals surface area contributed by atoms with Gasteiger partial charge in [0.25, 0.3) is 0 Å². The van der Waals surface area contributed by atoms with Crippen LogP contribution in [0.4, 0.5) is 0 Å². The highest BCUT2D eigenvalue weighted by molar-refractivity contribution is 7.99. The molecule has 80 valence electrons. The van der Waals surface area contributed by atoms with E-state index in [0.717, 1.165) is 17.7 Å². The van der Waals surface area contributed by atoms with Crippen molar-refractivity contribution in [3.63, 3.8) is 0 Å². The van der Waals surface area contributed by atoms with E-state index in [-0.39, 0.29) is 5.54 Å². The van der Waals surface area contributed by atoms with Gasteiger partial charge in [0.15, 0.2) is 0 Å². The highest BCUT2D eigenvalue weighted by atomic mass is 32.2. The summed E-state index contributed by atoms with van der Waals surface area (Å²) in [5.41, 5.74) is 0.261. The van der Waals surface area contributed by atoms with Crippen LogP contribution < -0.4 is 5.32 Å². The first kappa shape index (κ1) is 13.3. The predicted molar refractivity (Wildman–Crippen MR) is 64.5 cm³/mol. The van der Waals surface area contributed by atoms with Crippen molar-refractivity contribution in [3.05, 3.63) is 0 Å². The Hall–Kier alpha value is 0.310. The fourth-order valence-electron chi connectivity index (χ4n) is 0.896. The molecule has 0 aromatic heterocycles. The van der Waals surface area contributed by atoms with E-state index in [9.17, 15) is 0 Å². The molecule has 0 spiro atoms. The van der Waals surface area contributed by atoms with Crippen LogP contribution in [-0.4, -0.2) is 23.1 Å². The van der Waals surface area contributed by atoms with Crippen molar-refractivity contribution in [1.29, 1.82) is 0 Å². The van der Waals surface area contributed by atoms with Crippen molar-refractivity contribution in [2.24, 2.45) is 5.92 Å². The van der Waals surface area contributed by atoms with Gasteiger partial charge in [0.2, 0.25) is 0 Å². The fraction of sp³-hybridized carbons (Fsp3) is 1.00. The third-order valence-electron chi connectivity index (χ3n) is 1.69. The molecule has 0 aliphatic heterocycles. The Labute approximate surface area is 88.1 Å². The molecular formula is C11H25NS. The molecule has 1 nitrogen and oxygen atoms in total. The van der Waals surface area contributed by atoms with Gasteiger partial charge in [-0.05, 0) is 44.2 Å². The Morgan fingerprint density at radius 2 is 1.69 bits per heavy atom. The van der Waals surface area contributed by atoms with E-state index in [2.05, 4.69) is 46.9 Å². The van der Waals surface area contributed by atoms with Crippen LogP contribution in [0.1, 0.15) is 41.5 Å². The Morgan fingerprint density at radius 1 is 1.15 bits per heavy atom. The van der Waals surface area contributed by atoms with Gasteiger partial charge >= 0.3 is 0 Å². The van der Waals surface area contributed by atoms with E-state index in [0.29, 0.717) is 0 Å². The highest BCUT2D eigenvalue weighted by Crippen LogP contribution is 2.14. The summed E-state index contributed by atoms with van der Waals surface area (Å²) < 4.78 is 0. The first-order chi connectivity index (χ1) is 5.81. The SMILES string of the molecule is CC(CNC(C)(C)C)CSC(C)C. The summed E-state index contributed by atoms with van der Waals surface area (Å²) in [5.74, 6) is 2.03. The van der Waals surface area contributed by atoms with Crippen LogP contribution in [0.15, 0.2) is 0 Å². The van der Waals surface area contributed by atoms with Crippen LogP contribution >= 0.6 is 11.8 Å². The molecule has 0 heterocycles. The van der Waals surface area contributed by atoms with E-state index in [1.807, 2.05) is 11.8 Å². The normalized spacial score (nSPS) is 15.0. The second kappa shape index (κ2) is 5.92. The molecule has 13 heavy (non-hydrogen) atoms. The van der Waals surface area contributed by atoms with Gasteiger partial charge in [0.1, 0.15) is 0 Å². The van der Waals surface area contributed by atoms with Gasteiger partial charge in [0, 0.05) is 5.54 Å². The van der Waals surface area contributed by atoms with E-state index >= 15 is 0 Å². The molecule has 0 fully saturated rings. The minimum Gasteiger partial charge on any atom is -0.312 e. The lowest BCUT2D eigenvalue weighted by Crippen LogP contribution is -2.39. The zero-order valence-corrected chi connectivity index (χ0v) is 10.8. The van der Waals surface area contributed by atoms with Crippen molar-refractivity contribution < 1.29 is 0 Å². The molecule has 0 radical (unpaired) electrons. The average molecular weight is 203 g/mol. The van der Waals surface area contributed by atoms with Gasteiger partial charge in [-0.3, -0.25) is 0 Å². The molecule has 1 atom stereocenters. The van der Waals surface area contributed by atoms with Crippen molar-refractivity contribution in [1.82, 2.24) is 5.32 Å². The summed E-state index contributed by atoms with van der Waals surface area (Å²) in [6.07, 6.45) is 0. The van der Waals surface area contributed by atoms with E-state index in [1.165, 1.54) is 5.75 Å². The van der Waals surface area contributed by atoms with Gasteiger partial charge in [-0.15, -0.1) is 0 Å². The Kier molecular flexibility index (Phi) is 6.06. The molecule has 0 aromatic rings. The monoisotopic (exact) mass is 203 g/mol. The molecular weight excluding hydrogens is 178 g/mol. The van der Waals surface area contributed by atoms with Crippen LogP contribution in [0, 0.1) is 5.92 Å². The van der Waals surface area contributed by atoms with Crippen LogP contribution in [0.3, 0.4) is 0 Å². The molecule has 0 rings (SSSR count). The quantitative estimate of drug-likeness (QED) is 0.736. The van der Waals surface area contributed by atoms with Crippen molar-refractivity contribution >= 4 is 11.8 Å². The molecule has 1 unspecified atom stereocenters. The lowest BCUT2D eigenvalue weighted by Gasteiger charge is -2.23. The van der Waals surface area contributed by atoms with Gasteiger partial charge in [0.05, 0.1) is 0 Å². The van der Waals surface area contributed by atoms with Crippen LogP contribution in [0.5, 0.6) is 0 Å². The van der Waals surface area contributed by atoms with Crippen LogP contribution in [-0.2, 0) is 0 Å². The molecule has 0 aliphatic rings. The highest BCUT2D eigenvalue weighted by Gasteiger charge is 2.11.